The second kappa shape index (κ2) is 8.14. The fraction of sp³-hybridized carbons (Fsp3) is 0.111. The predicted molar refractivity (Wildman–Crippen MR) is 116 cm³/mol. The van der Waals surface area contributed by atoms with E-state index in [1.165, 1.54) is 0 Å². The van der Waals surface area contributed by atoms with E-state index in [2.05, 4.69) is 80.6 Å². The van der Waals surface area contributed by atoms with Crippen LogP contribution in [-0.2, 0) is 6.61 Å². The van der Waals surface area contributed by atoms with Gasteiger partial charge in [-0.1, -0.05) is 91.0 Å². The van der Waals surface area contributed by atoms with Crippen molar-refractivity contribution in [3.63, 3.8) is 0 Å². The highest BCUT2D eigenvalue weighted by atomic mass is 16.5. The number of aryl methyl sites for hydroxylation is 1. The quantitative estimate of drug-likeness (QED) is 0.370. The van der Waals surface area contributed by atoms with Gasteiger partial charge in [-0.3, -0.25) is 0 Å². The Hall–Kier alpha value is -3.32. The van der Waals surface area contributed by atoms with Gasteiger partial charge in [-0.25, -0.2) is 0 Å². The molecule has 0 aliphatic carbocycles. The summed E-state index contributed by atoms with van der Waals surface area (Å²) in [6.07, 6.45) is 0. The molecule has 28 heavy (non-hydrogen) atoms. The first-order valence-corrected chi connectivity index (χ1v) is 9.58. The minimum Gasteiger partial charge on any atom is -0.488 e. The summed E-state index contributed by atoms with van der Waals surface area (Å²) in [4.78, 5) is 0. The van der Waals surface area contributed by atoms with Crippen LogP contribution in [0.5, 0.6) is 5.75 Å². The first-order chi connectivity index (χ1) is 13.7. The monoisotopic (exact) mass is 363 g/mol. The summed E-state index contributed by atoms with van der Waals surface area (Å²) >= 11 is 0. The van der Waals surface area contributed by atoms with E-state index < -0.39 is 0 Å². The Balaban J connectivity index is 1.89. The Morgan fingerprint density at radius 1 is 0.679 bits per heavy atom. The molecule has 0 heterocycles. The second-order valence-electron chi connectivity index (χ2n) is 6.96. The van der Waals surface area contributed by atoms with Crippen LogP contribution in [0.2, 0.25) is 0 Å². The van der Waals surface area contributed by atoms with Crippen LogP contribution in [0, 0.1) is 19.9 Å². The lowest BCUT2D eigenvalue weighted by Crippen LogP contribution is -2.02. The molecule has 0 unspecified atom stereocenters. The van der Waals surface area contributed by atoms with E-state index in [-0.39, 0.29) is 0 Å². The van der Waals surface area contributed by atoms with Gasteiger partial charge in [0.2, 0.25) is 0 Å². The highest BCUT2D eigenvalue weighted by molar-refractivity contribution is 5.89. The molecule has 0 aromatic heterocycles. The molecule has 0 spiro atoms. The van der Waals surface area contributed by atoms with Crippen LogP contribution in [0.4, 0.5) is 0 Å². The smallest absolute Gasteiger partial charge is 0.131 e. The number of ether oxygens (including phenoxy) is 1. The molecule has 0 saturated heterocycles. The van der Waals surface area contributed by atoms with Crippen LogP contribution in [0.15, 0.2) is 91.0 Å². The molecular weight excluding hydrogens is 340 g/mol. The van der Waals surface area contributed by atoms with Gasteiger partial charge in [-0.15, -0.1) is 0 Å². The SMILES string of the molecule is Cc1[c]c(-c2ccccc2)c(-c2ccccc2)c(OCc2ccccc2)c1C. The van der Waals surface area contributed by atoms with E-state index in [0.29, 0.717) is 6.61 Å². The molecule has 1 nitrogen and oxygen atoms in total. The third-order valence-corrected chi connectivity index (χ3v) is 5.04. The first kappa shape index (κ1) is 18.1. The Morgan fingerprint density at radius 2 is 1.21 bits per heavy atom. The molecule has 1 radical (unpaired) electrons. The Kier molecular flexibility index (Phi) is 5.25. The fourth-order valence-electron chi connectivity index (χ4n) is 3.43. The normalized spacial score (nSPS) is 10.6. The molecule has 0 atom stereocenters. The van der Waals surface area contributed by atoms with Crippen molar-refractivity contribution in [2.45, 2.75) is 20.5 Å². The average Bonchev–Trinajstić information content (AvgIpc) is 2.76. The van der Waals surface area contributed by atoms with Gasteiger partial charge in [-0.2, -0.15) is 0 Å². The van der Waals surface area contributed by atoms with Crippen molar-refractivity contribution in [1.29, 1.82) is 0 Å². The predicted octanol–water partition coefficient (Wildman–Crippen LogP) is 7.02. The molecule has 0 fully saturated rings. The lowest BCUT2D eigenvalue weighted by Gasteiger charge is -2.20. The number of hydrogen-bond acceptors (Lipinski definition) is 1. The Labute approximate surface area is 167 Å². The molecule has 0 saturated carbocycles. The molecular formula is C27H23O. The van der Waals surface area contributed by atoms with Crippen LogP contribution in [-0.4, -0.2) is 0 Å². The zero-order valence-electron chi connectivity index (χ0n) is 16.3. The van der Waals surface area contributed by atoms with Gasteiger partial charge >= 0.3 is 0 Å². The van der Waals surface area contributed by atoms with E-state index in [9.17, 15) is 0 Å². The standard InChI is InChI=1S/C27H23O/c1-20-18-25(23-14-8-4-9-15-23)26(24-16-10-5-11-17-24)27(21(20)2)28-19-22-12-6-3-7-13-22/h3-17H,19H2,1-2H3. The van der Waals surface area contributed by atoms with Gasteiger partial charge in [-0.05, 0) is 47.7 Å². The minimum atomic E-state index is 0.541. The van der Waals surface area contributed by atoms with E-state index in [1.807, 2.05) is 30.3 Å². The van der Waals surface area contributed by atoms with E-state index >= 15 is 0 Å². The summed E-state index contributed by atoms with van der Waals surface area (Å²) < 4.78 is 6.43. The second-order valence-corrected chi connectivity index (χ2v) is 6.96. The lowest BCUT2D eigenvalue weighted by molar-refractivity contribution is 0.305. The Bertz CT molecular complexity index is 1050. The molecule has 0 bridgehead atoms. The summed E-state index contributed by atoms with van der Waals surface area (Å²) in [5.41, 5.74) is 7.88. The van der Waals surface area contributed by atoms with Crippen molar-refractivity contribution < 1.29 is 4.74 Å². The molecule has 0 aliphatic heterocycles. The topological polar surface area (TPSA) is 9.23 Å². The highest BCUT2D eigenvalue weighted by Crippen LogP contribution is 2.42. The maximum atomic E-state index is 6.43. The molecule has 0 aliphatic rings. The van der Waals surface area contributed by atoms with Crippen LogP contribution >= 0.6 is 0 Å². The summed E-state index contributed by atoms with van der Waals surface area (Å²) in [7, 11) is 0. The third kappa shape index (κ3) is 3.70. The highest BCUT2D eigenvalue weighted by Gasteiger charge is 2.18. The first-order valence-electron chi connectivity index (χ1n) is 9.58. The molecule has 0 amide bonds. The summed E-state index contributed by atoms with van der Waals surface area (Å²) in [5, 5.41) is 0. The van der Waals surface area contributed by atoms with Crippen molar-refractivity contribution in [3.8, 4) is 28.0 Å². The van der Waals surface area contributed by atoms with Gasteiger partial charge in [0.25, 0.3) is 0 Å². The van der Waals surface area contributed by atoms with Crippen LogP contribution in [0.1, 0.15) is 16.7 Å². The number of hydrogen-bond donors (Lipinski definition) is 0. The van der Waals surface area contributed by atoms with Crippen molar-refractivity contribution in [2.24, 2.45) is 0 Å². The van der Waals surface area contributed by atoms with Crippen molar-refractivity contribution in [2.75, 3.05) is 0 Å². The largest absolute Gasteiger partial charge is 0.488 e. The van der Waals surface area contributed by atoms with Gasteiger partial charge < -0.3 is 4.74 Å². The average molecular weight is 363 g/mol. The van der Waals surface area contributed by atoms with E-state index in [0.717, 1.165) is 44.7 Å². The van der Waals surface area contributed by atoms with Crippen molar-refractivity contribution in [3.05, 3.63) is 114 Å². The number of rotatable bonds is 5. The fourth-order valence-corrected chi connectivity index (χ4v) is 3.43. The molecule has 0 N–H and O–H groups in total. The summed E-state index contributed by atoms with van der Waals surface area (Å²) in [5.74, 6) is 0.935. The number of benzene rings is 4. The third-order valence-electron chi connectivity index (χ3n) is 5.04. The van der Waals surface area contributed by atoms with Crippen molar-refractivity contribution >= 4 is 0 Å². The van der Waals surface area contributed by atoms with Crippen LogP contribution in [0.3, 0.4) is 0 Å². The lowest BCUT2D eigenvalue weighted by atomic mass is 9.89. The van der Waals surface area contributed by atoms with Crippen LogP contribution < -0.4 is 4.74 Å². The molecule has 4 aromatic rings. The minimum absolute atomic E-state index is 0.541. The van der Waals surface area contributed by atoms with Crippen LogP contribution in [0.25, 0.3) is 22.3 Å². The molecule has 1 heteroatoms. The molecule has 4 aromatic carbocycles. The maximum absolute atomic E-state index is 6.43. The van der Waals surface area contributed by atoms with Gasteiger partial charge in [0, 0.05) is 11.1 Å². The van der Waals surface area contributed by atoms with Gasteiger partial charge in [0.05, 0.1) is 0 Å². The molecule has 4 rings (SSSR count). The van der Waals surface area contributed by atoms with Crippen molar-refractivity contribution in [1.82, 2.24) is 0 Å². The van der Waals surface area contributed by atoms with E-state index in [4.69, 9.17) is 4.74 Å². The Morgan fingerprint density at radius 3 is 1.82 bits per heavy atom. The van der Waals surface area contributed by atoms with Gasteiger partial charge in [0.1, 0.15) is 12.4 Å². The van der Waals surface area contributed by atoms with Gasteiger partial charge in [0.15, 0.2) is 0 Å². The molecule has 137 valence electrons. The summed E-state index contributed by atoms with van der Waals surface area (Å²) in [6, 6.07) is 34.8. The zero-order chi connectivity index (χ0) is 19.3. The summed E-state index contributed by atoms with van der Waals surface area (Å²) in [6.45, 7) is 4.76. The maximum Gasteiger partial charge on any atom is 0.131 e. The zero-order valence-corrected chi connectivity index (χ0v) is 16.3. The van der Waals surface area contributed by atoms with E-state index in [1.54, 1.807) is 0 Å².